The van der Waals surface area contributed by atoms with Crippen LogP contribution in [0.4, 0.5) is 11.5 Å². The van der Waals surface area contributed by atoms with Crippen LogP contribution in [0.15, 0.2) is 57.9 Å². The zero-order valence-electron chi connectivity index (χ0n) is 41.9. The Balaban J connectivity index is 1.04. The molecular weight excluding hydrogens is 1130 g/mol. The molecule has 3 aromatic rings. The maximum absolute atomic E-state index is 13.6. The van der Waals surface area contributed by atoms with Crippen molar-refractivity contribution in [2.45, 2.75) is 95.7 Å². The number of hydrogen-bond acceptors (Lipinski definition) is 22. The van der Waals surface area contributed by atoms with E-state index < -0.39 is 65.3 Å². The van der Waals surface area contributed by atoms with Gasteiger partial charge in [-0.2, -0.15) is 23.6 Å². The number of ether oxygens (including phenoxy) is 3. The number of aryl methyl sites for hydroxylation is 1. The van der Waals surface area contributed by atoms with Crippen molar-refractivity contribution >= 4 is 101 Å². The minimum absolute atomic E-state index is 0.00910. The first-order valence-electron chi connectivity index (χ1n) is 22.7. The van der Waals surface area contributed by atoms with Crippen LogP contribution >= 0.6 is 67.0 Å². The lowest BCUT2D eigenvalue weighted by molar-refractivity contribution is -0.0566. The summed E-state index contributed by atoms with van der Waals surface area (Å²) in [6.07, 6.45) is -1.25. The van der Waals surface area contributed by atoms with Gasteiger partial charge >= 0.3 is 35.5 Å². The number of benzene rings is 3. The minimum Gasteiger partial charge on any atom is -0.478 e. The number of anilines is 2. The summed E-state index contributed by atoms with van der Waals surface area (Å²) in [5.41, 5.74) is 15.6. The van der Waals surface area contributed by atoms with E-state index >= 15 is 0 Å². The molecule has 3 aliphatic rings. The quantitative estimate of drug-likeness (QED) is 0.00432. The maximum atomic E-state index is 13.6. The van der Waals surface area contributed by atoms with Crippen LogP contribution in [0.5, 0.6) is 0 Å². The van der Waals surface area contributed by atoms with Gasteiger partial charge in [0.2, 0.25) is 0 Å². The van der Waals surface area contributed by atoms with Crippen LogP contribution in [-0.4, -0.2) is 97.7 Å². The van der Waals surface area contributed by atoms with Crippen molar-refractivity contribution in [2.24, 2.45) is 0 Å². The number of phosphoric acid groups is 2. The van der Waals surface area contributed by atoms with Crippen LogP contribution in [0, 0.1) is 31.1 Å². The lowest BCUT2D eigenvalue weighted by Crippen LogP contribution is -2.30. The summed E-state index contributed by atoms with van der Waals surface area (Å²) in [6, 6.07) is 11.5. The Labute approximate surface area is 452 Å². The van der Waals surface area contributed by atoms with Crippen molar-refractivity contribution in [1.29, 1.82) is 5.41 Å². The van der Waals surface area contributed by atoms with E-state index in [0.29, 0.717) is 56.7 Å². The van der Waals surface area contributed by atoms with Crippen LogP contribution in [0.2, 0.25) is 0 Å². The lowest BCUT2D eigenvalue weighted by atomic mass is 9.87. The van der Waals surface area contributed by atoms with E-state index in [9.17, 15) is 43.3 Å². The van der Waals surface area contributed by atoms with Crippen LogP contribution in [0.1, 0.15) is 97.5 Å². The SMILES string of the molecule is Cc1c2oc3c(C)c(N)ccc3c(-c3ccc(C(=O)CCC(C)(C)SSCOCC#Cc4cn([C@H]5CC(OCSSC(C)(C)C)[C@@H](CO[P+](O)(O)OP(=O)(O)OP(=O)(O)O)O5)c(=O)nc4N)cc3C(=O)O)c-2ccc1=N. The molecule has 0 amide bonds. The highest BCUT2D eigenvalue weighted by atomic mass is 33.1. The van der Waals surface area contributed by atoms with Gasteiger partial charge in [-0.05, 0) is 74.3 Å². The molecule has 1 aliphatic carbocycles. The molecular formula is C46H57N5O18P3S4+. The third kappa shape index (κ3) is 16.6. The van der Waals surface area contributed by atoms with E-state index in [1.165, 1.54) is 55.4 Å². The number of aromatic carboxylic acids is 1. The number of carboxylic acids is 1. The average molecular weight is 1190 g/mol. The van der Waals surface area contributed by atoms with Gasteiger partial charge in [0.15, 0.2) is 5.78 Å². The molecule has 2 unspecified atom stereocenters. The number of nitrogens with one attached hydrogen (secondary N) is 1. The number of nitrogens with two attached hydrogens (primary N) is 2. The topological polar surface area (TPSA) is 369 Å². The fraction of sp³-hybridized carbons (Fsp3) is 0.413. The normalized spacial score (nSPS) is 17.2. The summed E-state index contributed by atoms with van der Waals surface area (Å²) in [6.45, 7) is 12.7. The number of hydrogen-bond donors (Lipinski definition) is 9. The van der Waals surface area contributed by atoms with Crippen molar-refractivity contribution in [1.82, 2.24) is 9.55 Å². The van der Waals surface area contributed by atoms with Gasteiger partial charge in [0.05, 0.1) is 22.6 Å². The molecule has 412 valence electrons. The number of carbonyl (C=O) groups excluding carboxylic acids is 1. The largest absolute Gasteiger partial charge is 0.580 e. The third-order valence-electron chi connectivity index (χ3n) is 11.1. The van der Waals surface area contributed by atoms with Crippen molar-refractivity contribution < 1.29 is 80.1 Å². The second-order valence-corrected chi connectivity index (χ2v) is 29.1. The van der Waals surface area contributed by atoms with Gasteiger partial charge in [-0.3, -0.25) is 14.3 Å². The Morgan fingerprint density at radius 2 is 1.68 bits per heavy atom. The standard InChI is InChI=1S/C46H56N5O18P3S4/c1-25-33(47)14-12-30-39(31-13-15-34(48)26(2)41(31)67-40(25)30)29-11-10-27(19-32(29)43(53)54)35(52)16-17-46(6,7)76-73-23-63-18-8-9-28-21-51(44(55)50-42(28)49)38-20-36(64-24-74-75-45(3,4)5)37(66-38)22-65-71(59,60)69-72(61,62)68-70(56,57)58/h10-15,19,21,36-38,59-60H,16-18,20,22-24H2,1-7H3,(H8-,47,48,49,50,53,54,55,56,57,58,61,62)/p+1/t36?,37-,38-/m1/s1. The Morgan fingerprint density at radius 1 is 0.987 bits per heavy atom. The molecule has 76 heavy (non-hydrogen) atoms. The Hall–Kier alpha value is -3.84. The molecule has 11 N–H and O–H groups in total. The molecule has 1 saturated heterocycles. The summed E-state index contributed by atoms with van der Waals surface area (Å²) < 4.78 is 60.2. The number of fused-ring (bicyclic) bond motifs is 2. The van der Waals surface area contributed by atoms with E-state index in [1.54, 1.807) is 43.3 Å². The van der Waals surface area contributed by atoms with Crippen molar-refractivity contribution in [3.05, 3.63) is 92.3 Å². The zero-order valence-corrected chi connectivity index (χ0v) is 47.9. The monoisotopic (exact) mass is 1190 g/mol. The smallest absolute Gasteiger partial charge is 0.478 e. The highest BCUT2D eigenvalue weighted by molar-refractivity contribution is 8.77. The van der Waals surface area contributed by atoms with E-state index in [-0.39, 0.29) is 69.7 Å². The molecule has 2 aromatic carbocycles. The molecule has 30 heteroatoms. The molecule has 1 fully saturated rings. The second kappa shape index (κ2) is 25.1. The van der Waals surface area contributed by atoms with Gasteiger partial charge in [0, 0.05) is 67.4 Å². The first-order valence-corrected chi connectivity index (χ1v) is 31.9. The first kappa shape index (κ1) is 61.4. The number of rotatable bonds is 23. The molecule has 23 nitrogen and oxygen atoms in total. The zero-order chi connectivity index (χ0) is 56.1. The highest BCUT2D eigenvalue weighted by Crippen LogP contribution is 2.70. The van der Waals surface area contributed by atoms with Crippen molar-refractivity contribution in [3.63, 3.8) is 0 Å². The van der Waals surface area contributed by atoms with E-state index in [0.717, 1.165) is 4.57 Å². The molecule has 2 aliphatic heterocycles. The van der Waals surface area contributed by atoms with Gasteiger partial charge in [-0.15, -0.1) is 0 Å². The maximum Gasteiger partial charge on any atom is 0.580 e. The van der Waals surface area contributed by atoms with E-state index in [2.05, 4.69) is 25.4 Å². The average Bonchev–Trinajstić information content (AvgIpc) is 3.72. The number of carboxylic acid groups (broad SMARTS) is 1. The van der Waals surface area contributed by atoms with Gasteiger partial charge in [-0.1, -0.05) is 87.9 Å². The van der Waals surface area contributed by atoms with E-state index in [1.807, 2.05) is 41.5 Å². The molecule has 0 bridgehead atoms. The Kier molecular flexibility index (Phi) is 20.3. The fourth-order valence-electron chi connectivity index (χ4n) is 7.52. The highest BCUT2D eigenvalue weighted by Gasteiger charge is 2.53. The number of ketones is 1. The molecule has 0 spiro atoms. The predicted octanol–water partition coefficient (Wildman–Crippen LogP) is 8.58. The van der Waals surface area contributed by atoms with Crippen LogP contribution in [-0.2, 0) is 36.5 Å². The summed E-state index contributed by atoms with van der Waals surface area (Å²) in [5.74, 6) is 4.77. The number of aromatic nitrogens is 2. The molecule has 4 atom stereocenters. The number of nitrogen functional groups attached to an aromatic ring is 2. The van der Waals surface area contributed by atoms with Crippen molar-refractivity contribution in [2.75, 3.05) is 36.6 Å². The predicted molar refractivity (Wildman–Crippen MR) is 293 cm³/mol. The third-order valence-corrected chi connectivity index (χ3v) is 21.0. The molecule has 0 radical (unpaired) electrons. The van der Waals surface area contributed by atoms with Crippen molar-refractivity contribution in [3.8, 4) is 34.3 Å². The molecule has 0 saturated carbocycles. The van der Waals surface area contributed by atoms with Crippen LogP contribution in [0.25, 0.3) is 33.4 Å². The van der Waals surface area contributed by atoms with Gasteiger partial charge in [0.25, 0.3) is 0 Å². The van der Waals surface area contributed by atoms with Gasteiger partial charge < -0.3 is 50.4 Å². The van der Waals surface area contributed by atoms with Gasteiger partial charge in [0.1, 0.15) is 54.6 Å². The Morgan fingerprint density at radius 3 is 2.37 bits per heavy atom. The molecule has 6 rings (SSSR count). The molecule has 1 aromatic heterocycles. The number of carbonyl (C=O) groups is 2. The second-order valence-electron chi connectivity index (χ2n) is 18.6. The fourth-order valence-corrected chi connectivity index (χ4v) is 14.9. The summed E-state index contributed by atoms with van der Waals surface area (Å²) in [5, 5.41) is 19.8. The Bertz CT molecular complexity index is 3250. The number of nitrogens with zero attached hydrogens (tertiary/aromatic N) is 2. The van der Waals surface area contributed by atoms with E-state index in [4.69, 9.17) is 49.8 Å². The first-order chi connectivity index (χ1) is 35.3. The lowest BCUT2D eigenvalue weighted by Gasteiger charge is -2.23. The van der Waals surface area contributed by atoms with Crippen LogP contribution < -0.4 is 22.5 Å². The summed E-state index contributed by atoms with van der Waals surface area (Å²) in [7, 11) is -10.8. The summed E-state index contributed by atoms with van der Waals surface area (Å²) in [4.78, 5) is 91.1. The number of Topliss-reactive ketones (excluding diaryl/α,β-unsaturated/α-hetero) is 1. The van der Waals surface area contributed by atoms with Crippen LogP contribution in [0.3, 0.4) is 0 Å². The minimum atomic E-state index is -5.73. The summed E-state index contributed by atoms with van der Waals surface area (Å²) >= 11 is 0. The van der Waals surface area contributed by atoms with Gasteiger partial charge in [-0.25, -0.2) is 18.7 Å². The molecule has 3 heterocycles.